The van der Waals surface area contributed by atoms with E-state index in [-0.39, 0.29) is 5.78 Å². The lowest BCUT2D eigenvalue weighted by atomic mass is 10.1. The molecule has 0 bridgehead atoms. The molecule has 1 aliphatic rings. The fraction of sp³-hybridized carbons (Fsp3) is 0. The van der Waals surface area contributed by atoms with E-state index in [1.54, 1.807) is 24.3 Å². The number of benzene rings is 1. The van der Waals surface area contributed by atoms with E-state index in [9.17, 15) is 9.59 Å². The molecule has 1 amide bonds. The number of hydrogen-bond donors (Lipinski definition) is 0. The zero-order valence-electron chi connectivity index (χ0n) is 8.76. The molecule has 0 N–H and O–H groups in total. The third-order valence-electron chi connectivity index (χ3n) is 2.17. The summed E-state index contributed by atoms with van der Waals surface area (Å²) in [5.41, 5.74) is 0.787. The molecular weight excluding hydrogens is 238 g/mol. The molecule has 17 heavy (non-hydrogen) atoms. The van der Waals surface area contributed by atoms with Gasteiger partial charge in [0.2, 0.25) is 0 Å². The summed E-state index contributed by atoms with van der Waals surface area (Å²) < 4.78 is 0. The molecular formula is C13H8ClNO2. The first-order valence-electron chi connectivity index (χ1n) is 4.94. The van der Waals surface area contributed by atoms with Crippen LogP contribution in [-0.4, -0.2) is 17.4 Å². The SMILES string of the molecule is O=C1C=CC(=NC(=O)c2ccccc2Cl)C=C1. The van der Waals surface area contributed by atoms with Crippen molar-refractivity contribution in [3.05, 3.63) is 59.2 Å². The number of allylic oxidation sites excluding steroid dienone is 4. The molecule has 2 rings (SSSR count). The van der Waals surface area contributed by atoms with Gasteiger partial charge in [-0.25, -0.2) is 4.99 Å². The first-order chi connectivity index (χ1) is 8.16. The number of carbonyl (C=O) groups excluding carboxylic acids is 2. The van der Waals surface area contributed by atoms with Gasteiger partial charge < -0.3 is 0 Å². The van der Waals surface area contributed by atoms with Crippen LogP contribution < -0.4 is 0 Å². The van der Waals surface area contributed by atoms with Crippen molar-refractivity contribution in [2.75, 3.05) is 0 Å². The van der Waals surface area contributed by atoms with E-state index >= 15 is 0 Å². The van der Waals surface area contributed by atoms with Crippen LogP contribution >= 0.6 is 11.6 Å². The van der Waals surface area contributed by atoms with E-state index in [4.69, 9.17) is 11.6 Å². The van der Waals surface area contributed by atoms with Crippen molar-refractivity contribution in [1.82, 2.24) is 0 Å². The Balaban J connectivity index is 2.26. The van der Waals surface area contributed by atoms with Gasteiger partial charge in [0.25, 0.3) is 5.91 Å². The van der Waals surface area contributed by atoms with Crippen LogP contribution in [0.4, 0.5) is 0 Å². The number of carbonyl (C=O) groups is 2. The minimum Gasteiger partial charge on any atom is -0.290 e. The van der Waals surface area contributed by atoms with Gasteiger partial charge in [0, 0.05) is 0 Å². The fourth-order valence-corrected chi connectivity index (χ4v) is 1.55. The summed E-state index contributed by atoms with van der Waals surface area (Å²) in [5, 5.41) is 0.363. The molecule has 0 unspecified atom stereocenters. The van der Waals surface area contributed by atoms with Crippen LogP contribution in [-0.2, 0) is 4.79 Å². The van der Waals surface area contributed by atoms with E-state index in [0.29, 0.717) is 16.3 Å². The minimum absolute atomic E-state index is 0.117. The smallest absolute Gasteiger partial charge is 0.279 e. The van der Waals surface area contributed by atoms with E-state index < -0.39 is 5.91 Å². The van der Waals surface area contributed by atoms with Gasteiger partial charge in [-0.15, -0.1) is 0 Å². The molecule has 4 heteroatoms. The van der Waals surface area contributed by atoms with Gasteiger partial charge in [0.15, 0.2) is 5.78 Å². The molecule has 0 atom stereocenters. The lowest BCUT2D eigenvalue weighted by Crippen LogP contribution is -2.04. The van der Waals surface area contributed by atoms with Crippen LogP contribution in [0.1, 0.15) is 10.4 Å². The van der Waals surface area contributed by atoms with Crippen molar-refractivity contribution in [3.8, 4) is 0 Å². The molecule has 0 fully saturated rings. The topological polar surface area (TPSA) is 46.5 Å². The van der Waals surface area contributed by atoms with Crippen LogP contribution in [0.2, 0.25) is 5.02 Å². The summed E-state index contributed by atoms with van der Waals surface area (Å²) in [6.07, 6.45) is 5.71. The third kappa shape index (κ3) is 2.77. The molecule has 0 heterocycles. The Morgan fingerprint density at radius 3 is 2.35 bits per heavy atom. The Morgan fingerprint density at radius 1 is 1.06 bits per heavy atom. The summed E-state index contributed by atoms with van der Waals surface area (Å²) in [6, 6.07) is 6.70. The average Bonchev–Trinajstić information content (AvgIpc) is 2.32. The van der Waals surface area contributed by atoms with Crippen LogP contribution in [0, 0.1) is 0 Å². The van der Waals surface area contributed by atoms with E-state index in [0.717, 1.165) is 0 Å². The highest BCUT2D eigenvalue weighted by Gasteiger charge is 2.09. The maximum absolute atomic E-state index is 11.8. The molecule has 1 aromatic carbocycles. The first-order valence-corrected chi connectivity index (χ1v) is 5.32. The van der Waals surface area contributed by atoms with Crippen molar-refractivity contribution in [2.45, 2.75) is 0 Å². The van der Waals surface area contributed by atoms with Gasteiger partial charge in [-0.2, -0.15) is 0 Å². The Kier molecular flexibility index (Phi) is 3.30. The summed E-state index contributed by atoms with van der Waals surface area (Å²) in [4.78, 5) is 26.5. The second-order valence-electron chi connectivity index (χ2n) is 3.39. The Hall–Kier alpha value is -2.00. The average molecular weight is 246 g/mol. The van der Waals surface area contributed by atoms with E-state index in [1.807, 2.05) is 0 Å². The molecule has 0 radical (unpaired) electrons. The molecule has 1 aliphatic carbocycles. The molecule has 0 aromatic heterocycles. The fourth-order valence-electron chi connectivity index (χ4n) is 1.33. The summed E-state index contributed by atoms with van der Waals surface area (Å²) in [6.45, 7) is 0. The van der Waals surface area contributed by atoms with E-state index in [2.05, 4.69) is 4.99 Å². The van der Waals surface area contributed by atoms with Crippen LogP contribution in [0.15, 0.2) is 53.6 Å². The van der Waals surface area contributed by atoms with Gasteiger partial charge in [0.1, 0.15) is 0 Å². The van der Waals surface area contributed by atoms with Crippen molar-refractivity contribution >= 4 is 29.0 Å². The number of ketones is 1. The normalized spacial score (nSPS) is 13.9. The lowest BCUT2D eigenvalue weighted by molar-refractivity contribution is -0.110. The molecule has 0 saturated carbocycles. The van der Waals surface area contributed by atoms with Crippen molar-refractivity contribution < 1.29 is 9.59 Å². The zero-order valence-corrected chi connectivity index (χ0v) is 9.52. The Labute approximate surface area is 103 Å². The molecule has 84 valence electrons. The zero-order chi connectivity index (χ0) is 12.3. The van der Waals surface area contributed by atoms with Crippen LogP contribution in [0.5, 0.6) is 0 Å². The van der Waals surface area contributed by atoms with Crippen LogP contribution in [0.25, 0.3) is 0 Å². The maximum atomic E-state index is 11.8. The lowest BCUT2D eigenvalue weighted by Gasteiger charge is -2.00. The number of hydrogen-bond acceptors (Lipinski definition) is 2. The van der Waals surface area contributed by atoms with Gasteiger partial charge in [0.05, 0.1) is 16.3 Å². The molecule has 1 aromatic rings. The maximum Gasteiger partial charge on any atom is 0.279 e. The predicted octanol–water partition coefficient (Wildman–Crippen LogP) is 2.62. The molecule has 0 saturated heterocycles. The highest BCUT2D eigenvalue weighted by molar-refractivity contribution is 6.34. The second kappa shape index (κ2) is 4.89. The number of halogens is 1. The number of amides is 1. The summed E-state index contributed by atoms with van der Waals surface area (Å²) in [5.74, 6) is -0.539. The number of nitrogens with zero attached hydrogens (tertiary/aromatic N) is 1. The van der Waals surface area contributed by atoms with Gasteiger partial charge in [-0.05, 0) is 36.4 Å². The largest absolute Gasteiger partial charge is 0.290 e. The Morgan fingerprint density at radius 2 is 1.71 bits per heavy atom. The minimum atomic E-state index is -0.422. The molecule has 0 aliphatic heterocycles. The summed E-state index contributed by atoms with van der Waals surface area (Å²) >= 11 is 5.88. The molecule has 3 nitrogen and oxygen atoms in total. The van der Waals surface area contributed by atoms with Gasteiger partial charge >= 0.3 is 0 Å². The van der Waals surface area contributed by atoms with Gasteiger partial charge in [-0.3, -0.25) is 9.59 Å². The van der Waals surface area contributed by atoms with Crippen molar-refractivity contribution in [3.63, 3.8) is 0 Å². The highest BCUT2D eigenvalue weighted by atomic mass is 35.5. The van der Waals surface area contributed by atoms with Gasteiger partial charge in [-0.1, -0.05) is 23.7 Å². The number of aliphatic imine (C=N–C) groups is 1. The van der Waals surface area contributed by atoms with E-state index in [1.165, 1.54) is 24.3 Å². The predicted molar refractivity (Wildman–Crippen MR) is 66.5 cm³/mol. The number of rotatable bonds is 1. The third-order valence-corrected chi connectivity index (χ3v) is 2.50. The summed E-state index contributed by atoms with van der Waals surface area (Å²) in [7, 11) is 0. The van der Waals surface area contributed by atoms with Crippen molar-refractivity contribution in [1.29, 1.82) is 0 Å². The Bertz CT molecular complexity index is 553. The quantitative estimate of drug-likeness (QED) is 0.714. The highest BCUT2D eigenvalue weighted by Crippen LogP contribution is 2.16. The first kappa shape index (κ1) is 11.5. The second-order valence-corrected chi connectivity index (χ2v) is 3.80. The van der Waals surface area contributed by atoms with Crippen LogP contribution in [0.3, 0.4) is 0 Å². The van der Waals surface area contributed by atoms with Crippen molar-refractivity contribution in [2.24, 2.45) is 4.99 Å². The standard InChI is InChI=1S/C13H8ClNO2/c14-12-4-2-1-3-11(12)13(17)15-9-5-7-10(16)8-6-9/h1-8H. The monoisotopic (exact) mass is 245 g/mol. The molecule has 0 spiro atoms.